The molecule has 1 atom stereocenters. The molecule has 0 aliphatic rings. The van der Waals surface area contributed by atoms with Crippen LogP contribution in [-0.2, 0) is 4.79 Å². The van der Waals surface area contributed by atoms with Crippen LogP contribution in [0.4, 0.5) is 0 Å². The molecule has 0 amide bonds. The van der Waals surface area contributed by atoms with Crippen molar-refractivity contribution in [1.29, 1.82) is 0 Å². The summed E-state index contributed by atoms with van der Waals surface area (Å²) in [5, 5.41) is 8.59. The number of carboxylic acid groups (broad SMARTS) is 1. The van der Waals surface area contributed by atoms with Crippen molar-refractivity contribution in [3.63, 3.8) is 0 Å². The van der Waals surface area contributed by atoms with Crippen molar-refractivity contribution in [2.75, 3.05) is 0 Å². The second kappa shape index (κ2) is 6.38. The minimum atomic E-state index is -0.934. The summed E-state index contributed by atoms with van der Waals surface area (Å²) in [5.74, 6) is -0.934. The maximum atomic E-state index is 10.5. The maximum absolute atomic E-state index is 10.5. The SMILES string of the molecule is C=C(C)C/C(=C\C)CCC(N)C(=O)O. The Morgan fingerprint density at radius 2 is 2.21 bits per heavy atom. The first kappa shape index (κ1) is 12.9. The van der Waals surface area contributed by atoms with E-state index in [0.717, 1.165) is 18.4 Å². The normalized spacial score (nSPS) is 13.8. The Kier molecular flexibility index (Phi) is 5.88. The molecule has 0 aromatic carbocycles. The number of nitrogens with two attached hydrogens (primary N) is 1. The van der Waals surface area contributed by atoms with E-state index in [-0.39, 0.29) is 0 Å². The predicted octanol–water partition coefficient (Wildman–Crippen LogP) is 2.09. The Bertz CT molecular complexity index is 244. The van der Waals surface area contributed by atoms with Crippen LogP contribution < -0.4 is 5.73 Å². The monoisotopic (exact) mass is 197 g/mol. The van der Waals surface area contributed by atoms with E-state index >= 15 is 0 Å². The second-order valence-electron chi connectivity index (χ2n) is 3.56. The van der Waals surface area contributed by atoms with Gasteiger partial charge in [0.1, 0.15) is 6.04 Å². The fourth-order valence-electron chi connectivity index (χ4n) is 1.19. The first-order valence-electron chi connectivity index (χ1n) is 4.74. The molecule has 0 saturated heterocycles. The third-order valence-electron chi connectivity index (χ3n) is 2.03. The average molecular weight is 197 g/mol. The summed E-state index contributed by atoms with van der Waals surface area (Å²) in [6.07, 6.45) is 4.06. The fraction of sp³-hybridized carbons (Fsp3) is 0.545. The molecule has 0 spiro atoms. The van der Waals surface area contributed by atoms with E-state index in [9.17, 15) is 4.79 Å². The van der Waals surface area contributed by atoms with Gasteiger partial charge in [0.05, 0.1) is 0 Å². The lowest BCUT2D eigenvalue weighted by molar-refractivity contribution is -0.138. The van der Waals surface area contributed by atoms with Gasteiger partial charge in [0.25, 0.3) is 0 Å². The van der Waals surface area contributed by atoms with Gasteiger partial charge in [-0.1, -0.05) is 23.8 Å². The Morgan fingerprint density at radius 1 is 1.64 bits per heavy atom. The summed E-state index contributed by atoms with van der Waals surface area (Å²) >= 11 is 0. The third kappa shape index (κ3) is 5.54. The van der Waals surface area contributed by atoms with Gasteiger partial charge >= 0.3 is 5.97 Å². The van der Waals surface area contributed by atoms with E-state index in [2.05, 4.69) is 6.58 Å². The highest BCUT2D eigenvalue weighted by Crippen LogP contribution is 2.15. The van der Waals surface area contributed by atoms with Crippen LogP contribution in [0.1, 0.15) is 33.1 Å². The molecule has 1 unspecified atom stereocenters. The molecule has 0 radical (unpaired) electrons. The van der Waals surface area contributed by atoms with Crippen molar-refractivity contribution in [3.8, 4) is 0 Å². The van der Waals surface area contributed by atoms with Crippen LogP contribution >= 0.6 is 0 Å². The summed E-state index contributed by atoms with van der Waals surface area (Å²) < 4.78 is 0. The fourth-order valence-corrected chi connectivity index (χ4v) is 1.19. The van der Waals surface area contributed by atoms with Crippen molar-refractivity contribution in [2.24, 2.45) is 5.73 Å². The standard InChI is InChI=1S/C11H19NO2/c1-4-9(7-8(2)3)5-6-10(12)11(13)14/h4,10H,2,5-7,12H2,1,3H3,(H,13,14)/b9-4-. The van der Waals surface area contributed by atoms with Crippen molar-refractivity contribution >= 4 is 5.97 Å². The molecule has 0 rings (SSSR count). The minimum absolute atomic E-state index is 0.488. The van der Waals surface area contributed by atoms with Crippen LogP contribution in [-0.4, -0.2) is 17.1 Å². The second-order valence-corrected chi connectivity index (χ2v) is 3.56. The van der Waals surface area contributed by atoms with Gasteiger partial charge in [0, 0.05) is 0 Å². The van der Waals surface area contributed by atoms with Crippen molar-refractivity contribution < 1.29 is 9.90 Å². The molecule has 0 fully saturated rings. The number of hydrogen-bond acceptors (Lipinski definition) is 2. The minimum Gasteiger partial charge on any atom is -0.480 e. The summed E-state index contributed by atoms with van der Waals surface area (Å²) in [4.78, 5) is 10.5. The quantitative estimate of drug-likeness (QED) is 0.641. The van der Waals surface area contributed by atoms with Crippen LogP contribution in [0.15, 0.2) is 23.8 Å². The van der Waals surface area contributed by atoms with Crippen LogP contribution in [0.25, 0.3) is 0 Å². The molecule has 0 aromatic heterocycles. The highest BCUT2D eigenvalue weighted by molar-refractivity contribution is 5.73. The maximum Gasteiger partial charge on any atom is 0.320 e. The smallest absolute Gasteiger partial charge is 0.320 e. The zero-order chi connectivity index (χ0) is 11.1. The number of allylic oxidation sites excluding steroid dienone is 3. The van der Waals surface area contributed by atoms with Gasteiger partial charge in [-0.15, -0.1) is 0 Å². The molecule has 0 heterocycles. The first-order chi connectivity index (χ1) is 6.47. The largest absolute Gasteiger partial charge is 0.480 e. The Labute approximate surface area is 85.3 Å². The molecule has 0 bridgehead atoms. The van der Waals surface area contributed by atoms with E-state index < -0.39 is 12.0 Å². The van der Waals surface area contributed by atoms with Crippen LogP contribution in [0.2, 0.25) is 0 Å². The third-order valence-corrected chi connectivity index (χ3v) is 2.03. The van der Waals surface area contributed by atoms with Crippen molar-refractivity contribution in [1.82, 2.24) is 0 Å². The molecular weight excluding hydrogens is 178 g/mol. The Morgan fingerprint density at radius 3 is 2.57 bits per heavy atom. The van der Waals surface area contributed by atoms with Gasteiger partial charge < -0.3 is 10.8 Å². The molecule has 14 heavy (non-hydrogen) atoms. The Hall–Kier alpha value is -1.09. The number of rotatable bonds is 6. The van der Waals surface area contributed by atoms with Crippen LogP contribution in [0.5, 0.6) is 0 Å². The number of carbonyl (C=O) groups is 1. The number of aliphatic carboxylic acids is 1. The van der Waals surface area contributed by atoms with Gasteiger partial charge in [-0.2, -0.15) is 0 Å². The van der Waals surface area contributed by atoms with E-state index in [1.165, 1.54) is 5.57 Å². The number of carboxylic acids is 1. The lowest BCUT2D eigenvalue weighted by Crippen LogP contribution is -2.29. The highest BCUT2D eigenvalue weighted by atomic mass is 16.4. The molecule has 0 aliphatic heterocycles. The summed E-state index contributed by atoms with van der Waals surface area (Å²) in [7, 11) is 0. The lowest BCUT2D eigenvalue weighted by atomic mass is 10.0. The average Bonchev–Trinajstić information content (AvgIpc) is 2.10. The molecule has 0 aromatic rings. The van der Waals surface area contributed by atoms with Gasteiger partial charge in [0.15, 0.2) is 0 Å². The Balaban J connectivity index is 3.97. The lowest BCUT2D eigenvalue weighted by Gasteiger charge is -2.09. The van der Waals surface area contributed by atoms with Gasteiger partial charge in [-0.25, -0.2) is 0 Å². The highest BCUT2D eigenvalue weighted by Gasteiger charge is 2.11. The van der Waals surface area contributed by atoms with E-state index in [1.807, 2.05) is 19.9 Å². The molecular formula is C11H19NO2. The van der Waals surface area contributed by atoms with Crippen LogP contribution in [0, 0.1) is 0 Å². The number of hydrogen-bond donors (Lipinski definition) is 2. The zero-order valence-corrected chi connectivity index (χ0v) is 8.92. The van der Waals surface area contributed by atoms with Gasteiger partial charge in [-0.3, -0.25) is 4.79 Å². The zero-order valence-electron chi connectivity index (χ0n) is 8.92. The van der Waals surface area contributed by atoms with E-state index in [4.69, 9.17) is 10.8 Å². The molecule has 0 saturated carbocycles. The van der Waals surface area contributed by atoms with Crippen LogP contribution in [0.3, 0.4) is 0 Å². The molecule has 80 valence electrons. The summed E-state index contributed by atoms with van der Waals surface area (Å²) in [6, 6.07) is -0.755. The first-order valence-corrected chi connectivity index (χ1v) is 4.74. The van der Waals surface area contributed by atoms with E-state index in [0.29, 0.717) is 6.42 Å². The van der Waals surface area contributed by atoms with Crippen molar-refractivity contribution in [2.45, 2.75) is 39.2 Å². The molecule has 3 heteroatoms. The molecule has 0 aliphatic carbocycles. The summed E-state index contributed by atoms with van der Waals surface area (Å²) in [6.45, 7) is 7.72. The predicted molar refractivity (Wildman–Crippen MR) is 58.0 cm³/mol. The molecule has 3 N–H and O–H groups in total. The van der Waals surface area contributed by atoms with Gasteiger partial charge in [-0.05, 0) is 33.1 Å². The topological polar surface area (TPSA) is 63.3 Å². The summed E-state index contributed by atoms with van der Waals surface area (Å²) in [5.41, 5.74) is 7.69. The van der Waals surface area contributed by atoms with E-state index in [1.54, 1.807) is 0 Å². The molecule has 3 nitrogen and oxygen atoms in total. The van der Waals surface area contributed by atoms with Crippen molar-refractivity contribution in [3.05, 3.63) is 23.8 Å². The van der Waals surface area contributed by atoms with Gasteiger partial charge in [0.2, 0.25) is 0 Å².